The second-order valence-electron chi connectivity index (χ2n) is 4.54. The fourth-order valence-electron chi connectivity index (χ4n) is 1.92. The Morgan fingerprint density at radius 1 is 1.38 bits per heavy atom. The number of nitrogens with two attached hydrogens (primary N) is 1. The maximum atomic E-state index is 12.3. The lowest BCUT2D eigenvalue weighted by molar-refractivity contribution is -0.132. The van der Waals surface area contributed by atoms with E-state index in [1.54, 1.807) is 4.90 Å². The van der Waals surface area contributed by atoms with Gasteiger partial charge in [0.15, 0.2) is 0 Å². The third-order valence-electron chi connectivity index (χ3n) is 3.02. The third kappa shape index (κ3) is 4.09. The minimum absolute atomic E-state index is 0.0170. The smallest absolute Gasteiger partial charge is 0.251 e. The van der Waals surface area contributed by atoms with Crippen LogP contribution in [0.3, 0.4) is 0 Å². The average Bonchev–Trinajstić information content (AvgIpc) is 2.85. The molecule has 0 aromatic carbocycles. The molecule has 0 spiro atoms. The Labute approximate surface area is 131 Å². The fourth-order valence-corrected chi connectivity index (χ4v) is 3.02. The molecule has 21 heavy (non-hydrogen) atoms. The standard InChI is InChI=1S/C14H16ClN3O2S/c1-2-17(8-11-4-5-12(15)21-11)14(20)9-18-7-10(16)3-6-13(18)19/h3-7H,2,8-9,16H2,1H3. The summed E-state index contributed by atoms with van der Waals surface area (Å²) in [6, 6.07) is 6.59. The van der Waals surface area contributed by atoms with Gasteiger partial charge in [0.25, 0.3) is 5.56 Å². The molecule has 2 aromatic heterocycles. The highest BCUT2D eigenvalue weighted by atomic mass is 35.5. The van der Waals surface area contributed by atoms with Crippen LogP contribution < -0.4 is 11.3 Å². The van der Waals surface area contributed by atoms with Gasteiger partial charge >= 0.3 is 0 Å². The Kier molecular flexibility index (Phi) is 5.03. The summed E-state index contributed by atoms with van der Waals surface area (Å²) in [6.45, 7) is 2.93. The second-order valence-corrected chi connectivity index (χ2v) is 6.34. The number of amides is 1. The first-order chi connectivity index (χ1) is 9.99. The summed E-state index contributed by atoms with van der Waals surface area (Å²) in [6.07, 6.45) is 1.48. The van der Waals surface area contributed by atoms with Crippen molar-refractivity contribution in [2.24, 2.45) is 0 Å². The molecule has 2 N–H and O–H groups in total. The summed E-state index contributed by atoms with van der Waals surface area (Å²) in [5.74, 6) is -0.130. The van der Waals surface area contributed by atoms with Crippen LogP contribution in [0.4, 0.5) is 5.69 Å². The monoisotopic (exact) mass is 325 g/mol. The highest BCUT2D eigenvalue weighted by molar-refractivity contribution is 7.16. The lowest BCUT2D eigenvalue weighted by Crippen LogP contribution is -2.35. The number of anilines is 1. The van der Waals surface area contributed by atoms with Crippen molar-refractivity contribution in [2.75, 3.05) is 12.3 Å². The molecule has 0 aliphatic heterocycles. The second kappa shape index (κ2) is 6.78. The Morgan fingerprint density at radius 3 is 2.76 bits per heavy atom. The van der Waals surface area contributed by atoms with Gasteiger partial charge in [-0.25, -0.2) is 0 Å². The summed E-state index contributed by atoms with van der Waals surface area (Å²) in [4.78, 5) is 26.7. The molecule has 0 atom stereocenters. The molecule has 2 heterocycles. The zero-order valence-corrected chi connectivity index (χ0v) is 13.2. The number of rotatable bonds is 5. The molecule has 0 bridgehead atoms. The Balaban J connectivity index is 2.09. The van der Waals surface area contributed by atoms with Crippen LogP contribution in [-0.2, 0) is 17.9 Å². The number of hydrogen-bond acceptors (Lipinski definition) is 4. The summed E-state index contributed by atoms with van der Waals surface area (Å²) < 4.78 is 2.02. The van der Waals surface area contributed by atoms with Gasteiger partial charge < -0.3 is 15.2 Å². The summed E-state index contributed by atoms with van der Waals surface area (Å²) in [5, 5.41) is 0. The van der Waals surface area contributed by atoms with Crippen molar-refractivity contribution in [2.45, 2.75) is 20.0 Å². The van der Waals surface area contributed by atoms with E-state index in [4.69, 9.17) is 17.3 Å². The van der Waals surface area contributed by atoms with Crippen molar-refractivity contribution in [3.63, 3.8) is 0 Å². The van der Waals surface area contributed by atoms with Crippen LogP contribution in [-0.4, -0.2) is 21.9 Å². The van der Waals surface area contributed by atoms with E-state index in [1.165, 1.54) is 34.2 Å². The van der Waals surface area contributed by atoms with E-state index in [1.807, 2.05) is 19.1 Å². The molecule has 2 rings (SSSR count). The van der Waals surface area contributed by atoms with Crippen molar-refractivity contribution < 1.29 is 4.79 Å². The van der Waals surface area contributed by atoms with Crippen LogP contribution in [0.25, 0.3) is 0 Å². The molecule has 0 saturated carbocycles. The molecule has 0 unspecified atom stereocenters. The molecule has 112 valence electrons. The first kappa shape index (κ1) is 15.6. The van der Waals surface area contributed by atoms with Crippen LogP contribution in [0, 0.1) is 0 Å². The Hall–Kier alpha value is -1.79. The molecule has 7 heteroatoms. The van der Waals surface area contributed by atoms with Gasteiger partial charge in [0.1, 0.15) is 6.54 Å². The number of thiophene rings is 1. The highest BCUT2D eigenvalue weighted by Gasteiger charge is 2.14. The molecule has 0 aliphatic rings. The van der Waals surface area contributed by atoms with Crippen LogP contribution in [0.1, 0.15) is 11.8 Å². The van der Waals surface area contributed by atoms with E-state index in [0.29, 0.717) is 23.1 Å². The molecule has 2 aromatic rings. The van der Waals surface area contributed by atoms with Crippen molar-refractivity contribution in [1.29, 1.82) is 0 Å². The normalized spacial score (nSPS) is 10.6. The minimum Gasteiger partial charge on any atom is -0.398 e. The van der Waals surface area contributed by atoms with Crippen molar-refractivity contribution in [3.8, 4) is 0 Å². The number of hydrogen-bond donors (Lipinski definition) is 1. The van der Waals surface area contributed by atoms with Crippen molar-refractivity contribution in [1.82, 2.24) is 9.47 Å². The quantitative estimate of drug-likeness (QED) is 0.916. The number of aromatic nitrogens is 1. The highest BCUT2D eigenvalue weighted by Crippen LogP contribution is 2.22. The van der Waals surface area contributed by atoms with Gasteiger partial charge in [-0.15, -0.1) is 11.3 Å². The molecular weight excluding hydrogens is 310 g/mol. The number of nitrogen functional groups attached to an aromatic ring is 1. The first-order valence-corrected chi connectivity index (χ1v) is 7.67. The van der Waals surface area contributed by atoms with Crippen molar-refractivity contribution in [3.05, 3.63) is 50.0 Å². The lowest BCUT2D eigenvalue weighted by atomic mass is 10.3. The van der Waals surface area contributed by atoms with E-state index in [-0.39, 0.29) is 18.0 Å². The van der Waals surface area contributed by atoms with Crippen LogP contribution in [0.2, 0.25) is 4.34 Å². The average molecular weight is 326 g/mol. The minimum atomic E-state index is -0.243. The number of halogens is 1. The maximum absolute atomic E-state index is 12.3. The zero-order valence-electron chi connectivity index (χ0n) is 11.6. The SMILES string of the molecule is CCN(Cc1ccc(Cl)s1)C(=O)Cn1cc(N)ccc1=O. The fraction of sp³-hybridized carbons (Fsp3) is 0.286. The molecule has 0 fully saturated rings. The van der Waals surface area contributed by atoms with E-state index in [2.05, 4.69) is 0 Å². The van der Waals surface area contributed by atoms with Gasteiger partial charge in [0, 0.05) is 29.4 Å². The third-order valence-corrected chi connectivity index (χ3v) is 4.24. The number of nitrogens with zero attached hydrogens (tertiary/aromatic N) is 2. The van der Waals surface area contributed by atoms with E-state index in [9.17, 15) is 9.59 Å². The molecule has 1 amide bonds. The van der Waals surface area contributed by atoms with Gasteiger partial charge in [-0.1, -0.05) is 11.6 Å². The number of carbonyl (C=O) groups is 1. The summed E-state index contributed by atoms with van der Waals surface area (Å²) in [5.41, 5.74) is 5.85. The molecule has 0 radical (unpaired) electrons. The molecular formula is C14H16ClN3O2S. The predicted octanol–water partition coefficient (Wildman–Crippen LogP) is 2.19. The van der Waals surface area contributed by atoms with Gasteiger partial charge in [-0.3, -0.25) is 9.59 Å². The number of likely N-dealkylation sites (N-methyl/N-ethyl adjacent to an activating group) is 1. The number of pyridine rings is 1. The molecule has 0 aliphatic carbocycles. The van der Waals surface area contributed by atoms with Crippen LogP contribution >= 0.6 is 22.9 Å². The van der Waals surface area contributed by atoms with E-state index < -0.39 is 0 Å². The zero-order chi connectivity index (χ0) is 15.4. The van der Waals surface area contributed by atoms with Gasteiger partial charge in [0.2, 0.25) is 5.91 Å². The Bertz CT molecular complexity index is 696. The summed E-state index contributed by atoms with van der Waals surface area (Å²) >= 11 is 7.33. The van der Waals surface area contributed by atoms with Gasteiger partial charge in [0.05, 0.1) is 10.9 Å². The van der Waals surface area contributed by atoms with Crippen LogP contribution in [0.5, 0.6) is 0 Å². The Morgan fingerprint density at radius 2 is 2.14 bits per heavy atom. The van der Waals surface area contributed by atoms with E-state index in [0.717, 1.165) is 4.88 Å². The number of carbonyl (C=O) groups excluding carboxylic acids is 1. The topological polar surface area (TPSA) is 68.3 Å². The molecule has 0 saturated heterocycles. The van der Waals surface area contributed by atoms with Crippen molar-refractivity contribution >= 4 is 34.5 Å². The van der Waals surface area contributed by atoms with Gasteiger partial charge in [-0.2, -0.15) is 0 Å². The first-order valence-electron chi connectivity index (χ1n) is 6.47. The lowest BCUT2D eigenvalue weighted by Gasteiger charge is -2.20. The van der Waals surface area contributed by atoms with Crippen LogP contribution in [0.15, 0.2) is 35.3 Å². The summed E-state index contributed by atoms with van der Waals surface area (Å²) in [7, 11) is 0. The van der Waals surface area contributed by atoms with Gasteiger partial charge in [-0.05, 0) is 25.1 Å². The predicted molar refractivity (Wildman–Crippen MR) is 85.5 cm³/mol. The largest absolute Gasteiger partial charge is 0.398 e. The van der Waals surface area contributed by atoms with E-state index >= 15 is 0 Å². The molecule has 5 nitrogen and oxygen atoms in total. The maximum Gasteiger partial charge on any atom is 0.251 e.